The monoisotopic (exact) mass is 520 g/mol. The van der Waals surface area contributed by atoms with Gasteiger partial charge in [-0.05, 0) is 48.7 Å². The minimum atomic E-state index is -4.24. The fourth-order valence-corrected chi connectivity index (χ4v) is 5.06. The molecular formula is C27H28N4O5S. The fraction of sp³-hybridized carbons (Fsp3) is 0.222. The molecule has 0 saturated carbocycles. The molecule has 0 bridgehead atoms. The van der Waals surface area contributed by atoms with Crippen LogP contribution < -0.4 is 10.5 Å². The van der Waals surface area contributed by atoms with E-state index in [1.807, 2.05) is 60.7 Å². The molecule has 0 fully saturated rings. The Morgan fingerprint density at radius 1 is 0.919 bits per heavy atom. The normalized spacial score (nSPS) is 13.1. The molecule has 1 aromatic heterocycles. The number of sulfone groups is 1. The van der Waals surface area contributed by atoms with Gasteiger partial charge in [0.1, 0.15) is 12.4 Å². The molecule has 37 heavy (non-hydrogen) atoms. The molecule has 1 unspecified atom stereocenters. The van der Waals surface area contributed by atoms with E-state index in [0.717, 1.165) is 18.2 Å². The van der Waals surface area contributed by atoms with Crippen LogP contribution in [0.5, 0.6) is 5.75 Å². The van der Waals surface area contributed by atoms with E-state index in [1.165, 1.54) is 11.5 Å². The van der Waals surface area contributed by atoms with Crippen molar-refractivity contribution in [3.05, 3.63) is 102 Å². The van der Waals surface area contributed by atoms with Crippen molar-refractivity contribution in [2.45, 2.75) is 36.4 Å². The van der Waals surface area contributed by atoms with Gasteiger partial charge in [-0.15, -0.1) is 10.2 Å². The van der Waals surface area contributed by atoms with E-state index in [1.54, 1.807) is 24.3 Å². The van der Waals surface area contributed by atoms with Crippen LogP contribution in [0.4, 0.5) is 0 Å². The molecule has 0 aliphatic heterocycles. The van der Waals surface area contributed by atoms with Gasteiger partial charge in [-0.2, -0.15) is 0 Å². The number of carbonyl (C=O) groups is 1. The quantitative estimate of drug-likeness (QED) is 0.315. The number of carbonyl (C=O) groups excluding carboxylic acids is 1. The summed E-state index contributed by atoms with van der Waals surface area (Å²) < 4.78 is 38.6. The molecule has 3 aromatic carbocycles. The van der Waals surface area contributed by atoms with Crippen molar-refractivity contribution in [3.63, 3.8) is 0 Å². The number of nitrogens with two attached hydrogens (primary N) is 1. The highest BCUT2D eigenvalue weighted by atomic mass is 32.2. The second-order valence-electron chi connectivity index (χ2n) is 8.45. The van der Waals surface area contributed by atoms with Crippen LogP contribution in [0.2, 0.25) is 0 Å². The van der Waals surface area contributed by atoms with Crippen LogP contribution in [0.3, 0.4) is 0 Å². The van der Waals surface area contributed by atoms with Gasteiger partial charge < -0.3 is 15.2 Å². The zero-order chi connectivity index (χ0) is 26.4. The first-order chi connectivity index (χ1) is 17.8. The number of methoxy groups -OCH3 is 1. The highest BCUT2D eigenvalue weighted by Crippen LogP contribution is 2.27. The third-order valence-electron chi connectivity index (χ3n) is 5.88. The standard InChI is InChI=1S/C27H28N4O5S/c1-19(26(32)35-2)37(33,34)27-30-29-25(24(28)17-20-9-5-3-6-10-20)31(27)22-13-15-23(16-14-22)36-18-21-11-7-4-8-12-21/h3-16,19,24H,17-18,28H2,1-2H3/t19?,24-/m0/s1. The number of aromatic nitrogens is 3. The summed E-state index contributed by atoms with van der Waals surface area (Å²) in [6, 6.07) is 25.5. The molecule has 4 aromatic rings. The van der Waals surface area contributed by atoms with Gasteiger partial charge in [0.05, 0.1) is 13.2 Å². The number of rotatable bonds is 10. The van der Waals surface area contributed by atoms with Crippen molar-refractivity contribution in [2.75, 3.05) is 7.11 Å². The van der Waals surface area contributed by atoms with Crippen molar-refractivity contribution < 1.29 is 22.7 Å². The Hall–Kier alpha value is -4.02. The summed E-state index contributed by atoms with van der Waals surface area (Å²) in [5, 5.41) is 6.25. The van der Waals surface area contributed by atoms with Crippen molar-refractivity contribution >= 4 is 15.8 Å². The highest BCUT2D eigenvalue weighted by Gasteiger charge is 2.37. The number of nitrogens with zero attached hydrogens (tertiary/aromatic N) is 3. The molecule has 2 N–H and O–H groups in total. The minimum Gasteiger partial charge on any atom is -0.489 e. The van der Waals surface area contributed by atoms with Gasteiger partial charge in [0.2, 0.25) is 9.84 Å². The lowest BCUT2D eigenvalue weighted by Gasteiger charge is -2.17. The highest BCUT2D eigenvalue weighted by molar-refractivity contribution is 7.92. The number of ether oxygens (including phenoxy) is 2. The fourth-order valence-electron chi connectivity index (χ4n) is 3.79. The maximum Gasteiger partial charge on any atom is 0.324 e. The number of hydrogen-bond donors (Lipinski definition) is 1. The Labute approximate surface area is 215 Å². The maximum atomic E-state index is 13.4. The van der Waals surface area contributed by atoms with Crippen molar-refractivity contribution in [1.29, 1.82) is 0 Å². The molecule has 10 heteroatoms. The van der Waals surface area contributed by atoms with Crippen LogP contribution in [0.25, 0.3) is 5.69 Å². The average Bonchev–Trinajstić information content (AvgIpc) is 3.39. The van der Waals surface area contributed by atoms with Gasteiger partial charge in [-0.1, -0.05) is 60.7 Å². The molecule has 0 radical (unpaired) electrons. The predicted octanol–water partition coefficient (Wildman–Crippen LogP) is 3.42. The smallest absolute Gasteiger partial charge is 0.324 e. The van der Waals surface area contributed by atoms with Crippen LogP contribution in [-0.2, 0) is 32.4 Å². The van der Waals surface area contributed by atoms with E-state index in [-0.39, 0.29) is 11.0 Å². The first kappa shape index (κ1) is 26.1. The maximum absolute atomic E-state index is 13.4. The van der Waals surface area contributed by atoms with Gasteiger partial charge >= 0.3 is 5.97 Å². The van der Waals surface area contributed by atoms with Crippen LogP contribution in [0.1, 0.15) is 29.9 Å². The average molecular weight is 521 g/mol. The van der Waals surface area contributed by atoms with Crippen molar-refractivity contribution in [1.82, 2.24) is 14.8 Å². The van der Waals surface area contributed by atoms with Gasteiger partial charge in [-0.25, -0.2) is 8.42 Å². The largest absolute Gasteiger partial charge is 0.489 e. The first-order valence-corrected chi connectivity index (χ1v) is 13.2. The molecule has 192 valence electrons. The Bertz CT molecular complexity index is 1440. The third kappa shape index (κ3) is 5.87. The lowest BCUT2D eigenvalue weighted by Crippen LogP contribution is -2.31. The van der Waals surface area contributed by atoms with Gasteiger partial charge in [0, 0.05) is 5.69 Å². The van der Waals surface area contributed by atoms with Crippen molar-refractivity contribution in [2.24, 2.45) is 5.73 Å². The van der Waals surface area contributed by atoms with E-state index in [9.17, 15) is 13.2 Å². The van der Waals surface area contributed by atoms with Gasteiger partial charge in [0.25, 0.3) is 5.16 Å². The molecule has 2 atom stereocenters. The SMILES string of the molecule is COC(=O)C(C)S(=O)(=O)c1nnc([C@@H](N)Cc2ccccc2)n1-c1ccc(OCc2ccccc2)cc1. The van der Waals surface area contributed by atoms with Gasteiger partial charge in [0.15, 0.2) is 11.1 Å². The van der Waals surface area contributed by atoms with Gasteiger partial charge in [-0.3, -0.25) is 9.36 Å². The molecule has 0 aliphatic rings. The molecular weight excluding hydrogens is 492 g/mol. The third-order valence-corrected chi connectivity index (χ3v) is 7.78. The summed E-state index contributed by atoms with van der Waals surface area (Å²) >= 11 is 0. The van der Waals surface area contributed by atoms with Crippen LogP contribution in [-0.4, -0.2) is 41.5 Å². The van der Waals surface area contributed by atoms with E-state index in [4.69, 9.17) is 10.5 Å². The molecule has 0 aliphatic carbocycles. The summed E-state index contributed by atoms with van der Waals surface area (Å²) in [6.07, 6.45) is 0.407. The Kier molecular flexibility index (Phi) is 8.00. The van der Waals surface area contributed by atoms with E-state index >= 15 is 0 Å². The minimum absolute atomic E-state index is 0.248. The van der Waals surface area contributed by atoms with Crippen molar-refractivity contribution in [3.8, 4) is 11.4 Å². The molecule has 9 nitrogen and oxygen atoms in total. The summed E-state index contributed by atoms with van der Waals surface area (Å²) in [7, 11) is -3.11. The zero-order valence-electron chi connectivity index (χ0n) is 20.5. The number of hydrogen-bond acceptors (Lipinski definition) is 8. The number of esters is 1. The molecule has 0 spiro atoms. The van der Waals surface area contributed by atoms with Crippen LogP contribution in [0, 0.1) is 0 Å². The van der Waals surface area contributed by atoms with Crippen LogP contribution >= 0.6 is 0 Å². The van der Waals surface area contributed by atoms with E-state index in [0.29, 0.717) is 24.5 Å². The second-order valence-corrected chi connectivity index (χ2v) is 10.6. The first-order valence-electron chi connectivity index (χ1n) is 11.6. The molecule has 4 rings (SSSR count). The predicted molar refractivity (Wildman–Crippen MR) is 138 cm³/mol. The Balaban J connectivity index is 1.70. The zero-order valence-corrected chi connectivity index (χ0v) is 21.3. The number of benzene rings is 3. The Morgan fingerprint density at radius 2 is 1.51 bits per heavy atom. The van der Waals surface area contributed by atoms with E-state index in [2.05, 4.69) is 14.9 Å². The summed E-state index contributed by atoms with van der Waals surface area (Å²) in [5.74, 6) is -0.0464. The summed E-state index contributed by atoms with van der Waals surface area (Å²) in [4.78, 5) is 12.1. The summed E-state index contributed by atoms with van der Waals surface area (Å²) in [5.41, 5.74) is 8.93. The lowest BCUT2D eigenvalue weighted by molar-refractivity contribution is -0.139. The van der Waals surface area contributed by atoms with Crippen LogP contribution in [0.15, 0.2) is 90.1 Å². The second kappa shape index (κ2) is 11.4. The lowest BCUT2D eigenvalue weighted by atomic mass is 10.1. The van der Waals surface area contributed by atoms with E-state index < -0.39 is 27.1 Å². The Morgan fingerprint density at radius 3 is 2.11 bits per heavy atom. The molecule has 0 saturated heterocycles. The summed E-state index contributed by atoms with van der Waals surface area (Å²) in [6.45, 7) is 1.64. The molecule has 1 heterocycles. The topological polar surface area (TPSA) is 126 Å². The molecule has 0 amide bonds.